The maximum Gasteiger partial charge on any atom is 0.306 e. The van der Waals surface area contributed by atoms with Crippen molar-refractivity contribution in [2.24, 2.45) is 17.8 Å². The minimum absolute atomic E-state index is 0.165. The highest BCUT2D eigenvalue weighted by Gasteiger charge is 2.22. The first-order chi connectivity index (χ1) is 7.00. The van der Waals surface area contributed by atoms with Gasteiger partial charge in [-0.05, 0) is 24.7 Å². The van der Waals surface area contributed by atoms with E-state index in [1.807, 2.05) is 0 Å². The molecule has 1 rings (SSSR count). The quantitative estimate of drug-likeness (QED) is 0.770. The number of rotatable bonds is 4. The maximum atomic E-state index is 10.8. The van der Waals surface area contributed by atoms with E-state index in [4.69, 9.17) is 5.11 Å². The summed E-state index contributed by atoms with van der Waals surface area (Å²) < 4.78 is 0. The third-order valence-corrected chi connectivity index (χ3v) is 2.89. The van der Waals surface area contributed by atoms with Crippen molar-refractivity contribution in [2.45, 2.75) is 33.6 Å². The van der Waals surface area contributed by atoms with Crippen LogP contribution in [-0.2, 0) is 4.79 Å². The minimum Gasteiger partial charge on any atom is -0.481 e. The van der Waals surface area contributed by atoms with Gasteiger partial charge >= 0.3 is 5.97 Å². The Labute approximate surface area is 91.7 Å². The van der Waals surface area contributed by atoms with Crippen molar-refractivity contribution >= 4 is 5.97 Å². The third-order valence-electron chi connectivity index (χ3n) is 2.89. The molecule has 1 unspecified atom stereocenters. The predicted octanol–water partition coefficient (Wildman–Crippen LogP) is 3.26. The molecule has 0 amide bonds. The van der Waals surface area contributed by atoms with Gasteiger partial charge in [-0.2, -0.15) is 0 Å². The van der Waals surface area contributed by atoms with Gasteiger partial charge in [0.1, 0.15) is 0 Å². The lowest BCUT2D eigenvalue weighted by Gasteiger charge is -2.20. The fraction of sp³-hybridized carbons (Fsp3) is 0.615. The van der Waals surface area contributed by atoms with E-state index in [0.717, 1.165) is 12.8 Å². The van der Waals surface area contributed by atoms with Gasteiger partial charge < -0.3 is 5.11 Å². The average molecular weight is 208 g/mol. The molecule has 0 heterocycles. The molecule has 0 aromatic heterocycles. The summed E-state index contributed by atoms with van der Waals surface area (Å²) in [6, 6.07) is 0. The van der Waals surface area contributed by atoms with Crippen molar-refractivity contribution in [1.29, 1.82) is 0 Å². The Bertz CT molecular complexity index is 287. The van der Waals surface area contributed by atoms with Gasteiger partial charge in [0.05, 0.1) is 5.92 Å². The van der Waals surface area contributed by atoms with E-state index in [1.54, 1.807) is 6.92 Å². The standard InChI is InChI=1S/C13H20O2/c1-9(2)8-11-4-6-12(7-5-11)10(3)13(14)15/h4-6,9-10,12H,7-8H2,1-3H3,(H,14,15)/t10-,12?/m0/s1. The van der Waals surface area contributed by atoms with Crippen molar-refractivity contribution in [3.63, 3.8) is 0 Å². The summed E-state index contributed by atoms with van der Waals surface area (Å²) in [5.74, 6) is -0.156. The Kier molecular flexibility index (Phi) is 4.13. The van der Waals surface area contributed by atoms with Crippen LogP contribution in [0.1, 0.15) is 33.6 Å². The largest absolute Gasteiger partial charge is 0.481 e. The number of carboxylic acid groups (broad SMARTS) is 1. The van der Waals surface area contributed by atoms with E-state index in [2.05, 4.69) is 32.1 Å². The summed E-state index contributed by atoms with van der Waals surface area (Å²) in [6.45, 7) is 6.17. The fourth-order valence-corrected chi connectivity index (χ4v) is 1.86. The molecule has 0 saturated heterocycles. The minimum atomic E-state index is -0.703. The van der Waals surface area contributed by atoms with Crippen LogP contribution in [0.15, 0.2) is 23.8 Å². The molecule has 0 fully saturated rings. The van der Waals surface area contributed by atoms with Crippen molar-refractivity contribution in [2.75, 3.05) is 0 Å². The van der Waals surface area contributed by atoms with Gasteiger partial charge in [-0.3, -0.25) is 4.79 Å². The lowest BCUT2D eigenvalue weighted by molar-refractivity contribution is -0.142. The normalized spacial score (nSPS) is 22.7. The topological polar surface area (TPSA) is 37.3 Å². The molecule has 0 saturated carbocycles. The summed E-state index contributed by atoms with van der Waals surface area (Å²) in [5, 5.41) is 8.89. The zero-order valence-corrected chi connectivity index (χ0v) is 9.73. The number of carbonyl (C=O) groups is 1. The highest BCUT2D eigenvalue weighted by Crippen LogP contribution is 2.26. The monoisotopic (exact) mass is 208 g/mol. The molecule has 0 radical (unpaired) electrons. The molecule has 15 heavy (non-hydrogen) atoms. The number of aliphatic carboxylic acids is 1. The van der Waals surface area contributed by atoms with Crippen molar-refractivity contribution in [3.8, 4) is 0 Å². The molecular formula is C13H20O2. The first-order valence-electron chi connectivity index (χ1n) is 5.60. The molecule has 1 aliphatic rings. The van der Waals surface area contributed by atoms with Crippen LogP contribution in [0.25, 0.3) is 0 Å². The molecule has 0 bridgehead atoms. The smallest absolute Gasteiger partial charge is 0.306 e. The lowest BCUT2D eigenvalue weighted by Crippen LogP contribution is -2.19. The molecule has 2 nitrogen and oxygen atoms in total. The molecule has 2 atom stereocenters. The van der Waals surface area contributed by atoms with Crippen LogP contribution in [0.4, 0.5) is 0 Å². The number of hydrogen-bond acceptors (Lipinski definition) is 1. The summed E-state index contributed by atoms with van der Waals surface area (Å²) in [7, 11) is 0. The summed E-state index contributed by atoms with van der Waals surface area (Å²) in [6.07, 6.45) is 8.28. The van der Waals surface area contributed by atoms with E-state index in [0.29, 0.717) is 5.92 Å². The average Bonchev–Trinajstić information content (AvgIpc) is 2.17. The van der Waals surface area contributed by atoms with Gasteiger partial charge in [-0.15, -0.1) is 0 Å². The van der Waals surface area contributed by atoms with Gasteiger partial charge in [-0.1, -0.05) is 44.6 Å². The molecule has 2 heteroatoms. The van der Waals surface area contributed by atoms with E-state index in [9.17, 15) is 4.79 Å². The Morgan fingerprint density at radius 2 is 2.20 bits per heavy atom. The molecule has 1 aliphatic carbocycles. The van der Waals surface area contributed by atoms with Crippen molar-refractivity contribution < 1.29 is 9.90 Å². The van der Waals surface area contributed by atoms with Gasteiger partial charge in [0.15, 0.2) is 0 Å². The van der Waals surface area contributed by atoms with Crippen molar-refractivity contribution in [1.82, 2.24) is 0 Å². The number of allylic oxidation sites excluding steroid dienone is 4. The zero-order valence-electron chi connectivity index (χ0n) is 9.73. The van der Waals surface area contributed by atoms with Gasteiger partial charge in [0.2, 0.25) is 0 Å². The summed E-state index contributed by atoms with van der Waals surface area (Å²) in [5.41, 5.74) is 1.35. The van der Waals surface area contributed by atoms with E-state index < -0.39 is 5.97 Å². The van der Waals surface area contributed by atoms with Gasteiger partial charge in [0.25, 0.3) is 0 Å². The summed E-state index contributed by atoms with van der Waals surface area (Å²) in [4.78, 5) is 10.8. The van der Waals surface area contributed by atoms with Crippen LogP contribution in [-0.4, -0.2) is 11.1 Å². The second-order valence-corrected chi connectivity index (χ2v) is 4.76. The molecule has 84 valence electrons. The highest BCUT2D eigenvalue weighted by atomic mass is 16.4. The Morgan fingerprint density at radius 1 is 1.53 bits per heavy atom. The third kappa shape index (κ3) is 3.54. The van der Waals surface area contributed by atoms with Gasteiger partial charge in [-0.25, -0.2) is 0 Å². The van der Waals surface area contributed by atoms with E-state index in [1.165, 1.54) is 5.57 Å². The first-order valence-corrected chi connectivity index (χ1v) is 5.60. The van der Waals surface area contributed by atoms with Crippen LogP contribution >= 0.6 is 0 Å². The molecule has 1 N–H and O–H groups in total. The predicted molar refractivity (Wildman–Crippen MR) is 61.6 cm³/mol. The van der Waals surface area contributed by atoms with Crippen LogP contribution in [0.2, 0.25) is 0 Å². The SMILES string of the molecule is CC(C)CC1=CCC([C@H](C)C(=O)O)C=C1. The van der Waals surface area contributed by atoms with E-state index >= 15 is 0 Å². The van der Waals surface area contributed by atoms with Crippen LogP contribution in [0.5, 0.6) is 0 Å². The Morgan fingerprint density at radius 3 is 2.60 bits per heavy atom. The maximum absolute atomic E-state index is 10.8. The Balaban J connectivity index is 2.52. The highest BCUT2D eigenvalue weighted by molar-refractivity contribution is 5.70. The fourth-order valence-electron chi connectivity index (χ4n) is 1.86. The number of carboxylic acids is 1. The van der Waals surface area contributed by atoms with Gasteiger partial charge in [0, 0.05) is 0 Å². The van der Waals surface area contributed by atoms with Crippen LogP contribution < -0.4 is 0 Å². The van der Waals surface area contributed by atoms with Crippen molar-refractivity contribution in [3.05, 3.63) is 23.8 Å². The second-order valence-electron chi connectivity index (χ2n) is 4.76. The molecule has 0 aromatic rings. The summed E-state index contributed by atoms with van der Waals surface area (Å²) >= 11 is 0. The Hall–Kier alpha value is -1.05. The molecule has 0 spiro atoms. The lowest BCUT2D eigenvalue weighted by atomic mass is 9.85. The van der Waals surface area contributed by atoms with Crippen LogP contribution in [0.3, 0.4) is 0 Å². The molecule has 0 aromatic carbocycles. The zero-order chi connectivity index (χ0) is 11.4. The molecule has 0 aliphatic heterocycles. The molecular weight excluding hydrogens is 188 g/mol. The first kappa shape index (κ1) is 12.0. The van der Waals surface area contributed by atoms with E-state index in [-0.39, 0.29) is 11.8 Å². The second kappa shape index (κ2) is 5.15. The number of hydrogen-bond donors (Lipinski definition) is 1. The van der Waals surface area contributed by atoms with Crippen LogP contribution in [0, 0.1) is 17.8 Å².